The van der Waals surface area contributed by atoms with Crippen molar-refractivity contribution in [1.82, 2.24) is 0 Å². The number of amides is 1. The average molecular weight is 455 g/mol. The van der Waals surface area contributed by atoms with Gasteiger partial charge in [0.15, 0.2) is 0 Å². The van der Waals surface area contributed by atoms with Crippen LogP contribution in [0.25, 0.3) is 0 Å². The molecule has 5 nitrogen and oxygen atoms in total. The van der Waals surface area contributed by atoms with Crippen molar-refractivity contribution in [3.63, 3.8) is 0 Å². The van der Waals surface area contributed by atoms with Gasteiger partial charge in [-0.3, -0.25) is 9.79 Å². The molecule has 1 unspecified atom stereocenters. The topological polar surface area (TPSA) is 93.5 Å². The Morgan fingerprint density at radius 2 is 1.88 bits per heavy atom. The Kier molecular flexibility index (Phi) is 6.51. The number of allylic oxidation sites excluding steroid dienone is 1. The van der Waals surface area contributed by atoms with Gasteiger partial charge in [0.2, 0.25) is 0 Å². The summed E-state index contributed by atoms with van der Waals surface area (Å²) in [7, 11) is 1.53. The second-order valence-corrected chi connectivity index (χ2v) is 9.12. The maximum absolute atomic E-state index is 13.5. The van der Waals surface area contributed by atoms with Crippen LogP contribution >= 0.6 is 11.6 Å². The fourth-order valence-electron chi connectivity index (χ4n) is 5.44. The number of aliphatic imine (C=N–C) groups is 1. The average Bonchev–Trinajstić information content (AvgIpc) is 3.38. The highest BCUT2D eigenvalue weighted by molar-refractivity contribution is 6.31. The minimum absolute atomic E-state index is 0.0642. The summed E-state index contributed by atoms with van der Waals surface area (Å²) in [5.41, 5.74) is 15.1. The quantitative estimate of drug-likeness (QED) is 0.343. The Morgan fingerprint density at radius 1 is 1.12 bits per heavy atom. The number of nitrogens with one attached hydrogen (secondary N) is 1. The molecule has 0 saturated heterocycles. The largest absolute Gasteiger partial charge is 0.401 e. The third kappa shape index (κ3) is 4.37. The van der Waals surface area contributed by atoms with E-state index in [0.717, 1.165) is 12.8 Å². The van der Waals surface area contributed by atoms with Crippen molar-refractivity contribution in [3.05, 3.63) is 76.2 Å². The molecule has 32 heavy (non-hydrogen) atoms. The molecule has 0 spiro atoms. The van der Waals surface area contributed by atoms with Gasteiger partial charge in [-0.15, -0.1) is 0 Å². The normalized spacial score (nSPS) is 25.9. The molecular formula is C25H28ClFN4O. The summed E-state index contributed by atoms with van der Waals surface area (Å²) >= 11 is 5.84. The van der Waals surface area contributed by atoms with Gasteiger partial charge in [-0.05, 0) is 73.1 Å². The summed E-state index contributed by atoms with van der Waals surface area (Å²) in [5, 5.41) is 2.65. The van der Waals surface area contributed by atoms with E-state index < -0.39 is 11.7 Å². The molecule has 5 N–H and O–H groups in total. The van der Waals surface area contributed by atoms with Crippen molar-refractivity contribution in [2.24, 2.45) is 34.2 Å². The van der Waals surface area contributed by atoms with E-state index in [1.165, 1.54) is 43.7 Å². The van der Waals surface area contributed by atoms with E-state index in [1.807, 2.05) is 6.07 Å². The fourth-order valence-corrected chi connectivity index (χ4v) is 5.62. The van der Waals surface area contributed by atoms with Crippen LogP contribution in [0.5, 0.6) is 0 Å². The molecule has 0 bridgehead atoms. The van der Waals surface area contributed by atoms with Gasteiger partial charge in [-0.1, -0.05) is 41.9 Å². The molecule has 0 aromatic heterocycles. The second kappa shape index (κ2) is 9.33. The molecule has 2 aliphatic carbocycles. The Balaban J connectivity index is 1.57. The first kappa shape index (κ1) is 22.3. The van der Waals surface area contributed by atoms with Gasteiger partial charge in [0.05, 0.1) is 5.02 Å². The third-order valence-electron chi connectivity index (χ3n) is 6.97. The van der Waals surface area contributed by atoms with Crippen LogP contribution in [0.15, 0.2) is 64.8 Å². The predicted octanol–water partition coefficient (Wildman–Crippen LogP) is 4.84. The van der Waals surface area contributed by atoms with E-state index in [-0.39, 0.29) is 22.3 Å². The molecule has 2 aliphatic rings. The summed E-state index contributed by atoms with van der Waals surface area (Å²) in [4.78, 5) is 17.1. The molecule has 4 atom stereocenters. The van der Waals surface area contributed by atoms with Crippen molar-refractivity contribution in [2.75, 3.05) is 12.4 Å². The van der Waals surface area contributed by atoms with Crippen LogP contribution in [-0.4, -0.2) is 18.8 Å². The first-order valence-corrected chi connectivity index (χ1v) is 11.3. The van der Waals surface area contributed by atoms with E-state index in [0.29, 0.717) is 29.1 Å². The highest BCUT2D eigenvalue weighted by Gasteiger charge is 2.45. The molecule has 7 heteroatoms. The van der Waals surface area contributed by atoms with Crippen molar-refractivity contribution in [3.8, 4) is 0 Å². The summed E-state index contributed by atoms with van der Waals surface area (Å²) in [6.45, 7) is 0. The minimum atomic E-state index is -0.556. The smallest absolute Gasteiger partial charge is 0.261 e. The van der Waals surface area contributed by atoms with Crippen molar-refractivity contribution in [1.29, 1.82) is 0 Å². The van der Waals surface area contributed by atoms with E-state index in [9.17, 15) is 9.18 Å². The molecule has 2 saturated carbocycles. The summed E-state index contributed by atoms with van der Waals surface area (Å²) in [6, 6.07) is 14.6. The number of amidine groups is 1. The summed E-state index contributed by atoms with van der Waals surface area (Å²) in [6.07, 6.45) is 4.22. The zero-order chi connectivity index (χ0) is 22.8. The van der Waals surface area contributed by atoms with Gasteiger partial charge in [-0.2, -0.15) is 0 Å². The lowest BCUT2D eigenvalue weighted by molar-refractivity contribution is -0.112. The first-order chi connectivity index (χ1) is 15.4. The number of nitrogens with zero attached hydrogens (tertiary/aromatic N) is 1. The van der Waals surface area contributed by atoms with Gasteiger partial charge >= 0.3 is 0 Å². The molecule has 2 fully saturated rings. The first-order valence-electron chi connectivity index (χ1n) is 10.9. The third-order valence-corrected chi connectivity index (χ3v) is 7.26. The van der Waals surface area contributed by atoms with Gasteiger partial charge in [0.25, 0.3) is 5.91 Å². The molecule has 4 rings (SSSR count). The lowest BCUT2D eigenvalue weighted by Crippen LogP contribution is -2.31. The van der Waals surface area contributed by atoms with Gasteiger partial charge < -0.3 is 16.8 Å². The Bertz CT molecular complexity index is 1070. The number of nitrogens with two attached hydrogens (primary N) is 2. The van der Waals surface area contributed by atoms with E-state index in [1.54, 1.807) is 0 Å². The maximum Gasteiger partial charge on any atom is 0.261 e. The molecule has 0 aliphatic heterocycles. The Morgan fingerprint density at radius 3 is 2.56 bits per heavy atom. The number of benzene rings is 2. The molecule has 2 aromatic rings. The van der Waals surface area contributed by atoms with Crippen LogP contribution in [0.3, 0.4) is 0 Å². The van der Waals surface area contributed by atoms with Crippen LogP contribution < -0.4 is 16.8 Å². The minimum Gasteiger partial charge on any atom is -0.401 e. The van der Waals surface area contributed by atoms with Gasteiger partial charge in [-0.25, -0.2) is 4.39 Å². The Hall–Kier alpha value is -2.86. The van der Waals surface area contributed by atoms with Crippen molar-refractivity contribution < 1.29 is 9.18 Å². The van der Waals surface area contributed by atoms with E-state index in [4.69, 9.17) is 23.1 Å². The van der Waals surface area contributed by atoms with Crippen LogP contribution in [0.1, 0.15) is 37.2 Å². The number of halogens is 2. The number of anilines is 1. The monoisotopic (exact) mass is 454 g/mol. The number of fused-ring (bicyclic) bond motifs is 1. The van der Waals surface area contributed by atoms with Crippen LogP contribution in [0, 0.1) is 23.6 Å². The standard InChI is InChI=1S/C25H28ClFN4O/c1-30-24(29)22(25(32)31-17-8-10-21(27)20(26)13-17)23(28)16-11-15-7-9-18(19(15)12-16)14-5-3-2-4-6-14/h2-6,8,10,13,15-16,18-19H,7,9,11-12,28H2,1H3,(H2,29,30)(H,31,32)/t15?,16-,18+,19-/m1/s1. The highest BCUT2D eigenvalue weighted by Crippen LogP contribution is 2.55. The number of hydrogen-bond acceptors (Lipinski definition) is 3. The Labute approximate surface area is 192 Å². The van der Waals surface area contributed by atoms with Crippen LogP contribution in [0.2, 0.25) is 5.02 Å². The van der Waals surface area contributed by atoms with Crippen molar-refractivity contribution in [2.45, 2.75) is 31.6 Å². The zero-order valence-corrected chi connectivity index (χ0v) is 18.8. The molecule has 2 aromatic carbocycles. The van der Waals surface area contributed by atoms with E-state index >= 15 is 0 Å². The number of carbonyl (C=O) groups is 1. The number of hydrogen-bond donors (Lipinski definition) is 3. The highest BCUT2D eigenvalue weighted by atomic mass is 35.5. The lowest BCUT2D eigenvalue weighted by Gasteiger charge is -2.21. The van der Waals surface area contributed by atoms with Crippen LogP contribution in [-0.2, 0) is 4.79 Å². The number of rotatable bonds is 5. The van der Waals surface area contributed by atoms with Gasteiger partial charge in [0.1, 0.15) is 17.2 Å². The molecule has 1 amide bonds. The summed E-state index contributed by atoms with van der Waals surface area (Å²) < 4.78 is 13.5. The predicted molar refractivity (Wildman–Crippen MR) is 127 cm³/mol. The van der Waals surface area contributed by atoms with E-state index in [2.05, 4.69) is 34.6 Å². The molecule has 168 valence electrons. The number of carbonyl (C=O) groups excluding carboxylic acids is 1. The van der Waals surface area contributed by atoms with Crippen molar-refractivity contribution >= 4 is 29.0 Å². The summed E-state index contributed by atoms with van der Waals surface area (Å²) in [5.74, 6) is 0.781. The second-order valence-electron chi connectivity index (χ2n) is 8.71. The molecular weight excluding hydrogens is 427 g/mol. The molecule has 0 heterocycles. The molecule has 0 radical (unpaired) electrons. The zero-order valence-electron chi connectivity index (χ0n) is 18.0. The SMILES string of the molecule is CN=C(N)C(C(=O)Nc1ccc(F)c(Cl)c1)=C(N)[C@@H]1CC2CC[C@@H](c3ccccc3)[C@@H]2C1. The lowest BCUT2D eigenvalue weighted by atomic mass is 9.85. The van der Waals surface area contributed by atoms with Crippen LogP contribution in [0.4, 0.5) is 10.1 Å². The fraction of sp³-hybridized carbons (Fsp3) is 0.360. The maximum atomic E-state index is 13.5. The van der Waals surface area contributed by atoms with Gasteiger partial charge in [0, 0.05) is 18.4 Å².